The summed E-state index contributed by atoms with van der Waals surface area (Å²) in [4.78, 5) is 24.3. The summed E-state index contributed by atoms with van der Waals surface area (Å²) in [5.41, 5.74) is 1.44. The number of carbonyl (C=O) groups is 2. The van der Waals surface area contributed by atoms with Crippen LogP contribution >= 0.6 is 23.2 Å². The van der Waals surface area contributed by atoms with Crippen molar-refractivity contribution in [1.82, 2.24) is 0 Å². The lowest BCUT2D eigenvalue weighted by Gasteiger charge is -2.17. The van der Waals surface area contributed by atoms with Gasteiger partial charge in [-0.3, -0.25) is 4.79 Å². The van der Waals surface area contributed by atoms with Crippen LogP contribution in [-0.4, -0.2) is 18.4 Å². The molecular formula is C18H14Cl2NO4-. The lowest BCUT2D eigenvalue weighted by molar-refractivity contribution is -0.310. The molecule has 0 unspecified atom stereocenters. The van der Waals surface area contributed by atoms with Gasteiger partial charge >= 0.3 is 0 Å². The van der Waals surface area contributed by atoms with Gasteiger partial charge in [0.1, 0.15) is 12.4 Å². The number of nitrogens with zero attached hydrogens (tertiary/aromatic N) is 1. The Bertz CT molecular complexity index is 807. The zero-order valence-electron chi connectivity index (χ0n) is 13.1. The van der Waals surface area contributed by atoms with E-state index in [1.165, 1.54) is 4.90 Å². The maximum absolute atomic E-state index is 11.9. The molecule has 1 aliphatic rings. The zero-order chi connectivity index (χ0) is 18.0. The summed E-state index contributed by atoms with van der Waals surface area (Å²) >= 11 is 12.0. The average molecular weight is 379 g/mol. The van der Waals surface area contributed by atoms with Crippen LogP contribution in [-0.2, 0) is 16.2 Å². The van der Waals surface area contributed by atoms with Crippen LogP contribution in [0.15, 0.2) is 42.5 Å². The summed E-state index contributed by atoms with van der Waals surface area (Å²) in [7, 11) is 0. The maximum atomic E-state index is 11.9. The van der Waals surface area contributed by atoms with E-state index in [2.05, 4.69) is 0 Å². The van der Waals surface area contributed by atoms with Crippen molar-refractivity contribution in [3.05, 3.63) is 58.1 Å². The number of carbonyl (C=O) groups excluding carboxylic acids is 2. The molecule has 3 rings (SSSR count). The Morgan fingerprint density at radius 1 is 1.20 bits per heavy atom. The molecule has 5 nitrogen and oxygen atoms in total. The molecule has 2 aromatic carbocycles. The van der Waals surface area contributed by atoms with Crippen molar-refractivity contribution in [2.45, 2.75) is 13.0 Å². The van der Waals surface area contributed by atoms with Gasteiger partial charge in [0.2, 0.25) is 5.91 Å². The maximum Gasteiger partial charge on any atom is 0.227 e. The van der Waals surface area contributed by atoms with E-state index >= 15 is 0 Å². The van der Waals surface area contributed by atoms with Gasteiger partial charge in [-0.1, -0.05) is 29.3 Å². The molecule has 1 saturated heterocycles. The molecule has 25 heavy (non-hydrogen) atoms. The van der Waals surface area contributed by atoms with E-state index in [0.29, 0.717) is 21.5 Å². The average Bonchev–Trinajstić information content (AvgIpc) is 2.97. The van der Waals surface area contributed by atoms with Crippen LogP contribution in [0.5, 0.6) is 5.75 Å². The quantitative estimate of drug-likeness (QED) is 0.801. The number of carboxylic acids is 1. The third-order valence-corrected chi connectivity index (χ3v) is 4.60. The summed E-state index contributed by atoms with van der Waals surface area (Å²) in [6.45, 7) is 0.409. The minimum absolute atomic E-state index is 0.0321. The molecule has 1 aliphatic heterocycles. The van der Waals surface area contributed by atoms with Gasteiger partial charge in [-0.25, -0.2) is 0 Å². The van der Waals surface area contributed by atoms with E-state index in [-0.39, 0.29) is 25.5 Å². The second-order valence-electron chi connectivity index (χ2n) is 5.74. The normalized spacial score (nSPS) is 17.0. The topological polar surface area (TPSA) is 69.7 Å². The van der Waals surface area contributed by atoms with Crippen LogP contribution in [0, 0.1) is 5.92 Å². The molecule has 1 fully saturated rings. The Morgan fingerprint density at radius 2 is 1.92 bits per heavy atom. The van der Waals surface area contributed by atoms with Crippen molar-refractivity contribution in [2.75, 3.05) is 11.4 Å². The first kappa shape index (κ1) is 17.6. The molecule has 0 spiro atoms. The molecule has 1 amide bonds. The second-order valence-corrected chi connectivity index (χ2v) is 6.59. The van der Waals surface area contributed by atoms with Gasteiger partial charge in [0.25, 0.3) is 0 Å². The lowest BCUT2D eigenvalue weighted by atomic mass is 10.1. The number of carboxylic acid groups (broad SMARTS) is 1. The van der Waals surface area contributed by atoms with Crippen LogP contribution in [0.2, 0.25) is 10.0 Å². The number of rotatable bonds is 5. The highest BCUT2D eigenvalue weighted by Crippen LogP contribution is 2.27. The number of amides is 1. The Hall–Kier alpha value is -2.24. The van der Waals surface area contributed by atoms with E-state index in [1.807, 2.05) is 0 Å². The molecular weight excluding hydrogens is 365 g/mol. The zero-order valence-corrected chi connectivity index (χ0v) is 14.6. The van der Waals surface area contributed by atoms with Gasteiger partial charge in [-0.15, -0.1) is 0 Å². The van der Waals surface area contributed by atoms with Crippen LogP contribution in [0.1, 0.15) is 12.0 Å². The van der Waals surface area contributed by atoms with E-state index in [0.717, 1.165) is 5.56 Å². The number of aliphatic carboxylic acids is 1. The first-order valence-electron chi connectivity index (χ1n) is 7.62. The molecule has 0 saturated carbocycles. The van der Waals surface area contributed by atoms with Gasteiger partial charge in [0.15, 0.2) is 0 Å². The lowest BCUT2D eigenvalue weighted by Crippen LogP contribution is -2.33. The van der Waals surface area contributed by atoms with Crippen LogP contribution in [0.3, 0.4) is 0 Å². The highest BCUT2D eigenvalue weighted by atomic mass is 35.5. The van der Waals surface area contributed by atoms with Gasteiger partial charge in [-0.05, 0) is 36.4 Å². The molecule has 0 N–H and O–H groups in total. The smallest absolute Gasteiger partial charge is 0.227 e. The number of anilines is 1. The molecule has 2 aromatic rings. The number of hydrogen-bond acceptors (Lipinski definition) is 4. The largest absolute Gasteiger partial charge is 0.550 e. The second kappa shape index (κ2) is 7.33. The summed E-state index contributed by atoms with van der Waals surface area (Å²) in [6, 6.07) is 12.1. The summed E-state index contributed by atoms with van der Waals surface area (Å²) < 4.78 is 5.68. The van der Waals surface area contributed by atoms with Crippen LogP contribution in [0.25, 0.3) is 0 Å². The SMILES string of the molecule is O=C([O-])[C@H]1CC(=O)N(c2ccc(OCc3ccc(Cl)cc3Cl)cc2)C1. The van der Waals surface area contributed by atoms with Crippen LogP contribution in [0.4, 0.5) is 5.69 Å². The molecule has 0 aromatic heterocycles. The van der Waals surface area contributed by atoms with Gasteiger partial charge in [0.05, 0.1) is 0 Å². The summed E-state index contributed by atoms with van der Waals surface area (Å²) in [5, 5.41) is 12.0. The van der Waals surface area contributed by atoms with Crippen molar-refractivity contribution in [3.63, 3.8) is 0 Å². The highest BCUT2D eigenvalue weighted by molar-refractivity contribution is 6.35. The van der Waals surface area contributed by atoms with E-state index < -0.39 is 11.9 Å². The van der Waals surface area contributed by atoms with Crippen molar-refractivity contribution in [3.8, 4) is 5.75 Å². The van der Waals surface area contributed by atoms with Gasteiger partial charge in [-0.2, -0.15) is 0 Å². The fourth-order valence-electron chi connectivity index (χ4n) is 2.64. The molecule has 130 valence electrons. The van der Waals surface area contributed by atoms with Crippen molar-refractivity contribution in [1.29, 1.82) is 0 Å². The first-order valence-corrected chi connectivity index (χ1v) is 8.37. The molecule has 0 radical (unpaired) electrons. The highest BCUT2D eigenvalue weighted by Gasteiger charge is 2.31. The van der Waals surface area contributed by atoms with Crippen molar-refractivity contribution < 1.29 is 19.4 Å². The third kappa shape index (κ3) is 4.06. The number of hydrogen-bond donors (Lipinski definition) is 0. The molecule has 0 aliphatic carbocycles. The van der Waals surface area contributed by atoms with Crippen LogP contribution < -0.4 is 14.7 Å². The predicted octanol–water partition coefficient (Wildman–Crippen LogP) is 2.68. The molecule has 1 atom stereocenters. The monoisotopic (exact) mass is 378 g/mol. The Kier molecular flexibility index (Phi) is 5.16. The van der Waals surface area contributed by atoms with Crippen molar-refractivity contribution >= 4 is 40.8 Å². The standard InChI is InChI=1S/C18H15Cl2NO4/c19-13-2-1-11(16(20)8-13)10-25-15-5-3-14(4-6-15)21-9-12(18(23)24)7-17(21)22/h1-6,8,12H,7,9-10H2,(H,23,24)/p-1/t12-/m0/s1. The Labute approximate surface area is 154 Å². The summed E-state index contributed by atoms with van der Waals surface area (Å²) in [6.07, 6.45) is -0.0321. The fraction of sp³-hybridized carbons (Fsp3) is 0.222. The van der Waals surface area contributed by atoms with Crippen molar-refractivity contribution in [2.24, 2.45) is 5.92 Å². The minimum atomic E-state index is -1.20. The third-order valence-electron chi connectivity index (χ3n) is 4.02. The molecule has 7 heteroatoms. The number of ether oxygens (including phenoxy) is 1. The van der Waals surface area contributed by atoms with Gasteiger partial charge < -0.3 is 19.5 Å². The summed E-state index contributed by atoms with van der Waals surface area (Å²) in [5.74, 6) is -1.58. The van der Waals surface area contributed by atoms with E-state index in [4.69, 9.17) is 27.9 Å². The van der Waals surface area contributed by atoms with Gasteiger partial charge in [0, 0.05) is 46.1 Å². The molecule has 0 bridgehead atoms. The van der Waals surface area contributed by atoms with E-state index in [9.17, 15) is 14.7 Å². The predicted molar refractivity (Wildman–Crippen MR) is 92.7 cm³/mol. The minimum Gasteiger partial charge on any atom is -0.550 e. The van der Waals surface area contributed by atoms with E-state index in [1.54, 1.807) is 42.5 Å². The Morgan fingerprint density at radius 3 is 2.52 bits per heavy atom. The fourth-order valence-corrected chi connectivity index (χ4v) is 3.10. The molecule has 1 heterocycles. The Balaban J connectivity index is 1.64. The first-order chi connectivity index (χ1) is 11.9. The number of halogens is 2. The number of benzene rings is 2.